The molecule has 1 N–H and O–H groups in total. The Labute approximate surface area is 86.4 Å². The lowest BCUT2D eigenvalue weighted by atomic mass is 10.0. The molecule has 1 aliphatic carbocycles. The van der Waals surface area contributed by atoms with Crippen LogP contribution in [0.3, 0.4) is 0 Å². The average molecular weight is 196 g/mol. The van der Waals surface area contributed by atoms with E-state index >= 15 is 0 Å². The van der Waals surface area contributed by atoms with E-state index in [1.807, 2.05) is 14.0 Å². The van der Waals surface area contributed by atoms with Gasteiger partial charge < -0.3 is 10.1 Å². The van der Waals surface area contributed by atoms with Gasteiger partial charge in [0.1, 0.15) is 5.54 Å². The third kappa shape index (κ3) is 3.28. The summed E-state index contributed by atoms with van der Waals surface area (Å²) in [4.78, 5) is 0. The van der Waals surface area contributed by atoms with Crippen molar-refractivity contribution in [2.24, 2.45) is 0 Å². The van der Waals surface area contributed by atoms with Gasteiger partial charge in [0, 0.05) is 13.0 Å². The molecule has 1 atom stereocenters. The molecule has 0 amide bonds. The van der Waals surface area contributed by atoms with Gasteiger partial charge in [-0.05, 0) is 26.8 Å². The van der Waals surface area contributed by atoms with Crippen LogP contribution in [0, 0.1) is 11.3 Å². The van der Waals surface area contributed by atoms with Crippen molar-refractivity contribution >= 4 is 0 Å². The monoisotopic (exact) mass is 196 g/mol. The highest BCUT2D eigenvalue weighted by Crippen LogP contribution is 2.21. The van der Waals surface area contributed by atoms with Crippen LogP contribution >= 0.6 is 0 Å². The first-order valence-electron chi connectivity index (χ1n) is 5.42. The Morgan fingerprint density at radius 3 is 2.64 bits per heavy atom. The van der Waals surface area contributed by atoms with Crippen molar-refractivity contribution in [3.8, 4) is 6.07 Å². The highest BCUT2D eigenvalue weighted by molar-refractivity contribution is 5.02. The summed E-state index contributed by atoms with van der Waals surface area (Å²) in [7, 11) is 1.82. The predicted octanol–water partition coefficient (Wildman–Crippen LogP) is 1.84. The number of nitrogens with zero attached hydrogens (tertiary/aromatic N) is 1. The maximum atomic E-state index is 8.91. The molecular formula is C11H20N2O. The molecule has 1 rings (SSSR count). The first kappa shape index (κ1) is 11.5. The number of nitriles is 1. The van der Waals surface area contributed by atoms with Gasteiger partial charge >= 0.3 is 0 Å². The highest BCUT2D eigenvalue weighted by Gasteiger charge is 2.22. The van der Waals surface area contributed by atoms with Crippen LogP contribution in [0.4, 0.5) is 0 Å². The second-order valence-electron chi connectivity index (χ2n) is 4.22. The molecule has 0 spiro atoms. The Bertz CT molecular complexity index is 206. The topological polar surface area (TPSA) is 45.0 Å². The SMILES string of the molecule is CNC(C)(C#N)CCOC1CCCC1. The fraction of sp³-hybridized carbons (Fsp3) is 0.909. The summed E-state index contributed by atoms with van der Waals surface area (Å²) in [6.07, 6.45) is 6.20. The Morgan fingerprint density at radius 2 is 2.14 bits per heavy atom. The van der Waals surface area contributed by atoms with Crippen molar-refractivity contribution in [2.45, 2.75) is 50.7 Å². The van der Waals surface area contributed by atoms with Crippen LogP contribution in [0.5, 0.6) is 0 Å². The summed E-state index contributed by atoms with van der Waals surface area (Å²) in [5.41, 5.74) is -0.432. The zero-order valence-corrected chi connectivity index (χ0v) is 9.18. The second-order valence-corrected chi connectivity index (χ2v) is 4.22. The number of hydrogen-bond donors (Lipinski definition) is 1. The van der Waals surface area contributed by atoms with Crippen LogP contribution in [0.25, 0.3) is 0 Å². The van der Waals surface area contributed by atoms with E-state index in [2.05, 4.69) is 11.4 Å². The summed E-state index contributed by atoms with van der Waals surface area (Å²) >= 11 is 0. The molecule has 0 heterocycles. The second kappa shape index (κ2) is 5.33. The molecule has 1 fully saturated rings. The smallest absolute Gasteiger partial charge is 0.105 e. The van der Waals surface area contributed by atoms with Gasteiger partial charge in [-0.1, -0.05) is 12.8 Å². The molecule has 14 heavy (non-hydrogen) atoms. The third-order valence-electron chi connectivity index (χ3n) is 3.06. The van der Waals surface area contributed by atoms with Gasteiger partial charge in [-0.25, -0.2) is 0 Å². The van der Waals surface area contributed by atoms with Gasteiger partial charge in [0.2, 0.25) is 0 Å². The minimum atomic E-state index is -0.432. The van der Waals surface area contributed by atoms with Gasteiger partial charge in [0.05, 0.1) is 12.2 Å². The third-order valence-corrected chi connectivity index (χ3v) is 3.06. The highest BCUT2D eigenvalue weighted by atomic mass is 16.5. The first-order chi connectivity index (χ1) is 6.70. The van der Waals surface area contributed by atoms with Crippen LogP contribution in [-0.4, -0.2) is 25.3 Å². The molecule has 1 unspecified atom stereocenters. The number of ether oxygens (including phenoxy) is 1. The van der Waals surface area contributed by atoms with Crippen LogP contribution in [0.15, 0.2) is 0 Å². The van der Waals surface area contributed by atoms with E-state index in [1.54, 1.807) is 0 Å². The molecular weight excluding hydrogens is 176 g/mol. The van der Waals surface area contributed by atoms with E-state index in [-0.39, 0.29) is 0 Å². The van der Waals surface area contributed by atoms with Gasteiger partial charge in [-0.2, -0.15) is 5.26 Å². The van der Waals surface area contributed by atoms with Crippen molar-refractivity contribution in [2.75, 3.05) is 13.7 Å². The van der Waals surface area contributed by atoms with Gasteiger partial charge in [0.25, 0.3) is 0 Å². The normalized spacial score (nSPS) is 21.8. The van der Waals surface area contributed by atoms with Crippen molar-refractivity contribution in [1.82, 2.24) is 5.32 Å². The van der Waals surface area contributed by atoms with E-state index in [0.717, 1.165) is 6.42 Å². The first-order valence-corrected chi connectivity index (χ1v) is 5.42. The fourth-order valence-electron chi connectivity index (χ4n) is 1.72. The van der Waals surface area contributed by atoms with Gasteiger partial charge in [-0.3, -0.25) is 0 Å². The number of nitrogens with one attached hydrogen (secondary N) is 1. The Morgan fingerprint density at radius 1 is 1.50 bits per heavy atom. The van der Waals surface area contributed by atoms with Gasteiger partial charge in [-0.15, -0.1) is 0 Å². The summed E-state index contributed by atoms with van der Waals surface area (Å²) in [5.74, 6) is 0. The molecule has 3 heteroatoms. The number of hydrogen-bond acceptors (Lipinski definition) is 3. The zero-order chi connectivity index (χ0) is 10.4. The van der Waals surface area contributed by atoms with Gasteiger partial charge in [0.15, 0.2) is 0 Å². The Kier molecular flexibility index (Phi) is 4.37. The lowest BCUT2D eigenvalue weighted by Crippen LogP contribution is -2.39. The molecule has 1 saturated carbocycles. The van der Waals surface area contributed by atoms with E-state index in [0.29, 0.717) is 12.7 Å². The molecule has 0 saturated heterocycles. The van der Waals surface area contributed by atoms with Crippen molar-refractivity contribution in [3.05, 3.63) is 0 Å². The van der Waals surface area contributed by atoms with Crippen LogP contribution in [0.1, 0.15) is 39.0 Å². The molecule has 0 aliphatic heterocycles. The van der Waals surface area contributed by atoms with E-state index < -0.39 is 5.54 Å². The summed E-state index contributed by atoms with van der Waals surface area (Å²) in [6, 6.07) is 2.26. The van der Waals surface area contributed by atoms with Crippen molar-refractivity contribution < 1.29 is 4.74 Å². The number of rotatable bonds is 5. The molecule has 0 aromatic rings. The fourth-order valence-corrected chi connectivity index (χ4v) is 1.72. The lowest BCUT2D eigenvalue weighted by Gasteiger charge is -2.21. The maximum Gasteiger partial charge on any atom is 0.105 e. The Hall–Kier alpha value is -0.590. The molecule has 0 aromatic carbocycles. The molecule has 0 radical (unpaired) electrons. The summed E-state index contributed by atoms with van der Waals surface area (Å²) < 4.78 is 5.71. The lowest BCUT2D eigenvalue weighted by molar-refractivity contribution is 0.0492. The standard InChI is InChI=1S/C11H20N2O/c1-11(9-12,13-2)7-8-14-10-5-3-4-6-10/h10,13H,3-8H2,1-2H3. The van der Waals surface area contributed by atoms with Crippen LogP contribution in [-0.2, 0) is 4.74 Å². The largest absolute Gasteiger partial charge is 0.378 e. The zero-order valence-electron chi connectivity index (χ0n) is 9.18. The van der Waals surface area contributed by atoms with Crippen molar-refractivity contribution in [3.63, 3.8) is 0 Å². The van der Waals surface area contributed by atoms with E-state index in [1.165, 1.54) is 25.7 Å². The molecule has 3 nitrogen and oxygen atoms in total. The van der Waals surface area contributed by atoms with E-state index in [4.69, 9.17) is 10.00 Å². The quantitative estimate of drug-likeness (QED) is 0.729. The minimum absolute atomic E-state index is 0.432. The van der Waals surface area contributed by atoms with Crippen molar-refractivity contribution in [1.29, 1.82) is 5.26 Å². The van der Waals surface area contributed by atoms with E-state index in [9.17, 15) is 0 Å². The Balaban J connectivity index is 2.16. The average Bonchev–Trinajstić information content (AvgIpc) is 2.70. The van der Waals surface area contributed by atoms with Crippen LogP contribution in [0.2, 0.25) is 0 Å². The van der Waals surface area contributed by atoms with Crippen LogP contribution < -0.4 is 5.32 Å². The minimum Gasteiger partial charge on any atom is -0.378 e. The molecule has 1 aliphatic rings. The molecule has 0 aromatic heterocycles. The molecule has 0 bridgehead atoms. The molecule has 80 valence electrons. The summed E-state index contributed by atoms with van der Waals surface area (Å²) in [5, 5.41) is 11.9. The predicted molar refractivity (Wildman–Crippen MR) is 55.9 cm³/mol. The summed E-state index contributed by atoms with van der Waals surface area (Å²) in [6.45, 7) is 2.60. The maximum absolute atomic E-state index is 8.91.